The van der Waals surface area contributed by atoms with Gasteiger partial charge in [0.25, 0.3) is 0 Å². The molecule has 4 aliphatic rings. The van der Waals surface area contributed by atoms with Gasteiger partial charge in [0.15, 0.2) is 0 Å². The molecule has 0 amide bonds. The maximum atomic E-state index is 3.90. The Morgan fingerprint density at radius 2 is 0.672 bits per heavy atom. The van der Waals surface area contributed by atoms with E-state index < -0.39 is 5.41 Å². The minimum atomic E-state index is -0.435. The van der Waals surface area contributed by atoms with Crippen LogP contribution in [-0.2, 0) is 28.1 Å². The van der Waals surface area contributed by atoms with Crippen LogP contribution in [0.15, 0.2) is 218 Å². The summed E-state index contributed by atoms with van der Waals surface area (Å²) in [4.78, 5) is 0. The third kappa shape index (κ3) is 5.78. The molecule has 0 spiro atoms. The van der Waals surface area contributed by atoms with Crippen LogP contribution in [0.4, 0.5) is 0 Å². The lowest BCUT2D eigenvalue weighted by Gasteiger charge is -2.52. The monoisotopic (exact) mass is 860 g/mol. The first kappa shape index (κ1) is 40.3. The zero-order valence-electron chi connectivity index (χ0n) is 39.4. The average Bonchev–Trinajstić information content (AvgIpc) is 4.02. The third-order valence-corrected chi connectivity index (χ3v) is 17.0. The van der Waals surface area contributed by atoms with Crippen molar-refractivity contribution in [2.75, 3.05) is 0 Å². The van der Waals surface area contributed by atoms with Gasteiger partial charge >= 0.3 is 1.43 Å². The quantitative estimate of drug-likeness (QED) is 0.0848. The maximum Gasteiger partial charge on any atom is 1.00 e. The molecule has 0 radical (unpaired) electrons. The van der Waals surface area contributed by atoms with E-state index in [-0.39, 0.29) is 17.7 Å². The normalized spacial score (nSPS) is 17.6. The molecule has 0 heteroatoms. The molecule has 1 atom stereocenters. The molecule has 324 valence electrons. The summed E-state index contributed by atoms with van der Waals surface area (Å²) >= 11 is 0. The molecule has 4 aliphatic carbocycles. The van der Waals surface area contributed by atoms with Gasteiger partial charge in [0.05, 0.1) is 0 Å². The Bertz CT molecular complexity index is 3170. The van der Waals surface area contributed by atoms with Crippen molar-refractivity contribution in [3.05, 3.63) is 275 Å². The van der Waals surface area contributed by atoms with E-state index >= 15 is 0 Å². The van der Waals surface area contributed by atoms with Crippen LogP contribution in [0, 0.1) is 6.07 Å². The van der Waals surface area contributed by atoms with Crippen molar-refractivity contribution in [3.8, 4) is 44.5 Å². The highest BCUT2D eigenvalue weighted by Gasteiger charge is 2.58. The Morgan fingerprint density at radius 3 is 1.15 bits per heavy atom. The molecule has 9 aromatic rings. The topological polar surface area (TPSA) is 0 Å². The van der Waals surface area contributed by atoms with Crippen LogP contribution in [0.5, 0.6) is 0 Å². The van der Waals surface area contributed by atoms with E-state index in [4.69, 9.17) is 0 Å². The maximum absolute atomic E-state index is 3.90. The van der Waals surface area contributed by atoms with Crippen LogP contribution in [0.3, 0.4) is 0 Å². The highest BCUT2D eigenvalue weighted by atomic mass is 14.6. The van der Waals surface area contributed by atoms with Crippen molar-refractivity contribution in [3.63, 3.8) is 0 Å². The van der Waals surface area contributed by atoms with Gasteiger partial charge in [0.1, 0.15) is 0 Å². The fourth-order valence-electron chi connectivity index (χ4n) is 14.6. The standard InChI is InChI=1S/C67H55/c1-2-3-23-42-64(56-34-15-7-26-48(56)49-27-8-16-35-57(49)64)44-66(60-38-19-11-30-52(60)53-31-12-20-39-61(53)66)46-67(62-40-21-13-32-54(62)55-33-14-22-41-63(55)67)45-65(43-47-24-5-4-6-25-47)58-36-17-9-28-50(58)51-29-10-18-37-59(51)65/h4-22,24-32,34-41H,2-3,23,42-46H2,1H3/q-1/p+1/t67-/m1/s1. The third-order valence-electron chi connectivity index (χ3n) is 17.0. The van der Waals surface area contributed by atoms with Gasteiger partial charge in [0, 0.05) is 16.2 Å². The van der Waals surface area contributed by atoms with E-state index in [1.807, 2.05) is 0 Å². The first-order chi connectivity index (χ1) is 33.1. The second-order valence-corrected chi connectivity index (χ2v) is 20.3. The number of hydrogen-bond acceptors (Lipinski definition) is 0. The molecule has 13 rings (SSSR count). The van der Waals surface area contributed by atoms with Crippen molar-refractivity contribution in [1.82, 2.24) is 0 Å². The summed E-state index contributed by atoms with van der Waals surface area (Å²) in [6.45, 7) is 2.36. The van der Waals surface area contributed by atoms with E-state index in [1.54, 1.807) is 0 Å². The highest BCUT2D eigenvalue weighted by molar-refractivity contribution is 5.87. The Hall–Kier alpha value is -7.02. The Balaban J connectivity index is 0.00000480. The fourth-order valence-corrected chi connectivity index (χ4v) is 14.6. The summed E-state index contributed by atoms with van der Waals surface area (Å²) in [5.74, 6) is 0. The van der Waals surface area contributed by atoms with E-state index in [0.29, 0.717) is 0 Å². The highest BCUT2D eigenvalue weighted by Crippen LogP contribution is 2.68. The van der Waals surface area contributed by atoms with Gasteiger partial charge in [-0.2, -0.15) is 0 Å². The first-order valence-electron chi connectivity index (χ1n) is 24.8. The smallest absolute Gasteiger partial charge is 0.147 e. The van der Waals surface area contributed by atoms with Gasteiger partial charge < -0.3 is 0 Å². The summed E-state index contributed by atoms with van der Waals surface area (Å²) in [6.07, 6.45) is 8.39. The van der Waals surface area contributed by atoms with Crippen LogP contribution < -0.4 is 0 Å². The van der Waals surface area contributed by atoms with Gasteiger partial charge in [-0.1, -0.05) is 238 Å². The molecule has 0 fully saturated rings. The molecule has 0 saturated carbocycles. The molecule has 67 heavy (non-hydrogen) atoms. The summed E-state index contributed by atoms with van der Waals surface area (Å²) < 4.78 is 0. The summed E-state index contributed by atoms with van der Waals surface area (Å²) in [6, 6.07) is 88.5. The first-order valence-corrected chi connectivity index (χ1v) is 24.8. The molecule has 0 heterocycles. The molecule has 0 saturated heterocycles. The van der Waals surface area contributed by atoms with Crippen LogP contribution >= 0.6 is 0 Å². The van der Waals surface area contributed by atoms with Crippen LogP contribution in [-0.4, -0.2) is 0 Å². The van der Waals surface area contributed by atoms with Crippen molar-refractivity contribution < 1.29 is 1.43 Å². The Morgan fingerprint density at radius 1 is 0.328 bits per heavy atom. The largest absolute Gasteiger partial charge is 1.00 e. The minimum Gasteiger partial charge on any atom is -0.147 e. The van der Waals surface area contributed by atoms with Crippen molar-refractivity contribution >= 4 is 0 Å². The Labute approximate surface area is 398 Å². The molecule has 0 aliphatic heterocycles. The molecular formula is C67H56. The molecule has 0 N–H and O–H groups in total. The number of fused-ring (bicyclic) bond motifs is 12. The Kier molecular flexibility index (Phi) is 9.34. The molecule has 0 bridgehead atoms. The number of rotatable bonds is 12. The fraction of sp³-hybridized carbons (Fsp3) is 0.194. The molecule has 9 aromatic carbocycles. The van der Waals surface area contributed by atoms with Crippen LogP contribution in [0.25, 0.3) is 44.5 Å². The van der Waals surface area contributed by atoms with Crippen LogP contribution in [0.1, 0.15) is 103 Å². The minimum absolute atomic E-state index is 0. The number of benzene rings is 9. The van der Waals surface area contributed by atoms with Gasteiger partial charge in [0.2, 0.25) is 0 Å². The average molecular weight is 861 g/mol. The van der Waals surface area contributed by atoms with Crippen molar-refractivity contribution in [2.45, 2.75) is 80.0 Å². The molecule has 0 unspecified atom stereocenters. The molecular weight excluding hydrogens is 805 g/mol. The zero-order chi connectivity index (χ0) is 44.6. The van der Waals surface area contributed by atoms with Gasteiger partial charge in [-0.3, -0.25) is 0 Å². The summed E-state index contributed by atoms with van der Waals surface area (Å²) in [5.41, 5.74) is 22.6. The van der Waals surface area contributed by atoms with Gasteiger partial charge in [-0.05, 0) is 110 Å². The molecule has 0 aromatic heterocycles. The number of unbranched alkanes of at least 4 members (excludes halogenated alkanes) is 2. The summed E-state index contributed by atoms with van der Waals surface area (Å²) in [7, 11) is 0. The predicted octanol–water partition coefficient (Wildman–Crippen LogP) is 16.8. The van der Waals surface area contributed by atoms with Crippen molar-refractivity contribution in [2.24, 2.45) is 0 Å². The lowest BCUT2D eigenvalue weighted by atomic mass is 9.52. The van der Waals surface area contributed by atoms with E-state index in [0.717, 1.165) is 32.1 Å². The van der Waals surface area contributed by atoms with E-state index in [1.165, 1.54) is 114 Å². The zero-order valence-corrected chi connectivity index (χ0v) is 38.4. The lowest BCUT2D eigenvalue weighted by molar-refractivity contribution is 0.245. The SMILES string of the molecule is CCCCCC1(CC2(C[C@@]3(CC4(Cc5ccccc5)c5ccccc5-c5ccccc54)c4ccc[c-]c4-c4ccccc43)c3ccccc3-c3ccccc32)c2ccccc2-c2ccccc21.[H+]. The van der Waals surface area contributed by atoms with Gasteiger partial charge in [-0.25, -0.2) is 0 Å². The van der Waals surface area contributed by atoms with Crippen molar-refractivity contribution in [1.29, 1.82) is 0 Å². The lowest BCUT2D eigenvalue weighted by Crippen LogP contribution is -2.46. The molecule has 0 nitrogen and oxygen atoms in total. The van der Waals surface area contributed by atoms with E-state index in [9.17, 15) is 0 Å². The van der Waals surface area contributed by atoms with Gasteiger partial charge in [-0.15, -0.1) is 35.4 Å². The predicted molar refractivity (Wildman–Crippen MR) is 279 cm³/mol. The number of hydrogen-bond donors (Lipinski definition) is 0. The summed E-state index contributed by atoms with van der Waals surface area (Å²) in [5, 5.41) is 0. The second-order valence-electron chi connectivity index (χ2n) is 20.3. The second kappa shape index (κ2) is 15.5. The van der Waals surface area contributed by atoms with Crippen LogP contribution in [0.2, 0.25) is 0 Å². The van der Waals surface area contributed by atoms with E-state index in [2.05, 4.69) is 231 Å².